The molecule has 0 aliphatic heterocycles. The van der Waals surface area contributed by atoms with Gasteiger partial charge >= 0.3 is 5.97 Å². The molecule has 0 aliphatic carbocycles. The molecule has 1 aromatic rings. The van der Waals surface area contributed by atoms with E-state index in [1.165, 1.54) is 36.1 Å². The van der Waals surface area contributed by atoms with E-state index < -0.39 is 23.8 Å². The van der Waals surface area contributed by atoms with Crippen LogP contribution >= 0.6 is 0 Å². The summed E-state index contributed by atoms with van der Waals surface area (Å²) in [6.07, 6.45) is -0.172. The Morgan fingerprint density at radius 1 is 1.35 bits per heavy atom. The van der Waals surface area contributed by atoms with Gasteiger partial charge in [0.2, 0.25) is 0 Å². The van der Waals surface area contributed by atoms with Gasteiger partial charge in [0, 0.05) is 6.54 Å². The van der Waals surface area contributed by atoms with Gasteiger partial charge in [-0.25, -0.2) is 4.39 Å². The van der Waals surface area contributed by atoms with Crippen LogP contribution in [-0.2, 0) is 9.59 Å². The quantitative estimate of drug-likeness (QED) is 0.830. The largest absolute Gasteiger partial charge is 0.481 e. The lowest BCUT2D eigenvalue weighted by Crippen LogP contribution is -2.43. The molecule has 5 nitrogen and oxygen atoms in total. The summed E-state index contributed by atoms with van der Waals surface area (Å²) in [7, 11) is 0. The molecule has 6 heteroatoms. The lowest BCUT2D eigenvalue weighted by molar-refractivity contribution is -0.147. The fraction of sp³-hybridized carbons (Fsp3) is 0.429. The van der Waals surface area contributed by atoms with Gasteiger partial charge in [-0.1, -0.05) is 6.92 Å². The van der Waals surface area contributed by atoms with Crippen LogP contribution in [-0.4, -0.2) is 41.1 Å². The van der Waals surface area contributed by atoms with E-state index in [1.807, 2.05) is 6.92 Å². The van der Waals surface area contributed by atoms with Crippen molar-refractivity contribution in [1.29, 1.82) is 0 Å². The minimum atomic E-state index is -1.07. The summed E-state index contributed by atoms with van der Waals surface area (Å²) in [4.78, 5) is 24.1. The SMILES string of the molecule is CCCN(CC(=O)O)C(=O)C(C)Oc1ccc(F)cc1. The number of halogens is 1. The van der Waals surface area contributed by atoms with Gasteiger partial charge < -0.3 is 14.7 Å². The number of amides is 1. The minimum Gasteiger partial charge on any atom is -0.481 e. The summed E-state index contributed by atoms with van der Waals surface area (Å²) < 4.78 is 18.1. The van der Waals surface area contributed by atoms with Gasteiger partial charge in [-0.15, -0.1) is 0 Å². The molecule has 0 bridgehead atoms. The van der Waals surface area contributed by atoms with Gasteiger partial charge in [-0.2, -0.15) is 0 Å². The number of rotatable bonds is 7. The van der Waals surface area contributed by atoms with Crippen molar-refractivity contribution in [3.63, 3.8) is 0 Å². The molecular weight excluding hydrogens is 265 g/mol. The molecular formula is C14H18FNO4. The van der Waals surface area contributed by atoms with Crippen LogP contribution in [0, 0.1) is 5.82 Å². The van der Waals surface area contributed by atoms with E-state index >= 15 is 0 Å². The number of carbonyl (C=O) groups excluding carboxylic acids is 1. The molecule has 0 spiro atoms. The normalized spacial score (nSPS) is 11.8. The third kappa shape index (κ3) is 4.87. The van der Waals surface area contributed by atoms with Crippen molar-refractivity contribution in [2.75, 3.05) is 13.1 Å². The summed E-state index contributed by atoms with van der Waals surface area (Å²) in [5.41, 5.74) is 0. The average molecular weight is 283 g/mol. The summed E-state index contributed by atoms with van der Waals surface area (Å²) in [6.45, 7) is 3.38. The zero-order chi connectivity index (χ0) is 15.1. The van der Waals surface area contributed by atoms with E-state index in [1.54, 1.807) is 0 Å². The first kappa shape index (κ1) is 15.9. The van der Waals surface area contributed by atoms with E-state index in [-0.39, 0.29) is 6.54 Å². The second-order valence-electron chi connectivity index (χ2n) is 4.37. The molecule has 1 aromatic carbocycles. The Morgan fingerprint density at radius 3 is 2.45 bits per heavy atom. The number of ether oxygens (including phenoxy) is 1. The summed E-state index contributed by atoms with van der Waals surface area (Å²) >= 11 is 0. The van der Waals surface area contributed by atoms with Crippen LogP contribution in [0.3, 0.4) is 0 Å². The minimum absolute atomic E-state index is 0.349. The van der Waals surface area contributed by atoms with E-state index in [4.69, 9.17) is 9.84 Å². The summed E-state index contributed by atoms with van der Waals surface area (Å²) in [5.74, 6) is -1.51. The van der Waals surface area contributed by atoms with Crippen molar-refractivity contribution in [1.82, 2.24) is 4.90 Å². The van der Waals surface area contributed by atoms with Crippen LogP contribution in [0.25, 0.3) is 0 Å². The molecule has 0 saturated heterocycles. The van der Waals surface area contributed by atoms with E-state index in [2.05, 4.69) is 0 Å². The van der Waals surface area contributed by atoms with Crippen LogP contribution in [0.15, 0.2) is 24.3 Å². The topological polar surface area (TPSA) is 66.8 Å². The average Bonchev–Trinajstić information content (AvgIpc) is 2.39. The highest BCUT2D eigenvalue weighted by Crippen LogP contribution is 2.14. The molecule has 1 amide bonds. The molecule has 0 aromatic heterocycles. The number of nitrogens with zero attached hydrogens (tertiary/aromatic N) is 1. The van der Waals surface area contributed by atoms with Gasteiger partial charge in [0.15, 0.2) is 6.10 Å². The fourth-order valence-electron chi connectivity index (χ4n) is 1.73. The number of hydrogen-bond acceptors (Lipinski definition) is 3. The van der Waals surface area contributed by atoms with Crippen LogP contribution in [0.1, 0.15) is 20.3 Å². The number of carboxylic acids is 1. The Kier molecular flexibility index (Phi) is 5.96. The molecule has 1 atom stereocenters. The highest BCUT2D eigenvalue weighted by Gasteiger charge is 2.23. The molecule has 0 aliphatic rings. The zero-order valence-corrected chi connectivity index (χ0v) is 11.5. The highest BCUT2D eigenvalue weighted by molar-refractivity contribution is 5.84. The van der Waals surface area contributed by atoms with Crippen molar-refractivity contribution in [2.45, 2.75) is 26.4 Å². The highest BCUT2D eigenvalue weighted by atomic mass is 19.1. The van der Waals surface area contributed by atoms with Crippen LogP contribution in [0.2, 0.25) is 0 Å². The molecule has 1 N–H and O–H groups in total. The van der Waals surface area contributed by atoms with Crippen molar-refractivity contribution in [2.24, 2.45) is 0 Å². The van der Waals surface area contributed by atoms with Crippen molar-refractivity contribution in [3.8, 4) is 5.75 Å². The standard InChI is InChI=1S/C14H18FNO4/c1-3-8-16(9-13(17)18)14(19)10(2)20-12-6-4-11(15)5-7-12/h4-7,10H,3,8-9H2,1-2H3,(H,17,18). The lowest BCUT2D eigenvalue weighted by Gasteiger charge is -2.24. The van der Waals surface area contributed by atoms with E-state index in [0.717, 1.165) is 0 Å². The summed E-state index contributed by atoms with van der Waals surface area (Å²) in [5, 5.41) is 8.79. The molecule has 0 fully saturated rings. The predicted molar refractivity (Wildman–Crippen MR) is 71.0 cm³/mol. The van der Waals surface area contributed by atoms with Gasteiger partial charge in [0.25, 0.3) is 5.91 Å². The smallest absolute Gasteiger partial charge is 0.323 e. The molecule has 0 saturated carbocycles. The van der Waals surface area contributed by atoms with Gasteiger partial charge in [-0.3, -0.25) is 9.59 Å². The number of aliphatic carboxylic acids is 1. The van der Waals surface area contributed by atoms with Crippen LogP contribution < -0.4 is 4.74 Å². The van der Waals surface area contributed by atoms with E-state index in [0.29, 0.717) is 18.7 Å². The molecule has 20 heavy (non-hydrogen) atoms. The molecule has 0 radical (unpaired) electrons. The fourth-order valence-corrected chi connectivity index (χ4v) is 1.73. The second-order valence-corrected chi connectivity index (χ2v) is 4.37. The first-order valence-electron chi connectivity index (χ1n) is 6.36. The Hall–Kier alpha value is -2.11. The van der Waals surface area contributed by atoms with Gasteiger partial charge in [0.05, 0.1) is 0 Å². The van der Waals surface area contributed by atoms with Gasteiger partial charge in [0.1, 0.15) is 18.1 Å². The zero-order valence-electron chi connectivity index (χ0n) is 11.5. The molecule has 1 rings (SSSR count). The van der Waals surface area contributed by atoms with Crippen LogP contribution in [0.4, 0.5) is 4.39 Å². The first-order chi connectivity index (χ1) is 9.43. The first-order valence-corrected chi connectivity index (χ1v) is 6.36. The van der Waals surface area contributed by atoms with Crippen LogP contribution in [0.5, 0.6) is 5.75 Å². The van der Waals surface area contributed by atoms with E-state index in [9.17, 15) is 14.0 Å². The number of hydrogen-bond donors (Lipinski definition) is 1. The maximum Gasteiger partial charge on any atom is 0.323 e. The maximum absolute atomic E-state index is 12.8. The Morgan fingerprint density at radius 2 is 1.95 bits per heavy atom. The molecule has 0 heterocycles. The van der Waals surface area contributed by atoms with Crippen molar-refractivity contribution < 1.29 is 23.8 Å². The summed E-state index contributed by atoms with van der Waals surface area (Å²) in [6, 6.07) is 5.29. The monoisotopic (exact) mass is 283 g/mol. The Labute approximate surface area is 117 Å². The number of carboxylic acid groups (broad SMARTS) is 1. The van der Waals surface area contributed by atoms with Crippen molar-refractivity contribution in [3.05, 3.63) is 30.1 Å². The molecule has 110 valence electrons. The third-order valence-corrected chi connectivity index (χ3v) is 2.61. The number of benzene rings is 1. The van der Waals surface area contributed by atoms with Gasteiger partial charge in [-0.05, 0) is 37.6 Å². The third-order valence-electron chi connectivity index (χ3n) is 2.61. The Bertz CT molecular complexity index is 461. The maximum atomic E-state index is 12.8. The lowest BCUT2D eigenvalue weighted by atomic mass is 10.3. The second kappa shape index (κ2) is 7.47. The number of carbonyl (C=O) groups is 2. The Balaban J connectivity index is 2.67. The molecule has 1 unspecified atom stereocenters. The van der Waals surface area contributed by atoms with Crippen molar-refractivity contribution >= 4 is 11.9 Å². The predicted octanol–water partition coefficient (Wildman–Crippen LogP) is 1.92.